The predicted molar refractivity (Wildman–Crippen MR) is 65.4 cm³/mol. The number of nitrogens with one attached hydrogen (secondary N) is 1. The van der Waals surface area contributed by atoms with Crippen molar-refractivity contribution in [1.82, 2.24) is 14.8 Å². The van der Waals surface area contributed by atoms with E-state index in [4.69, 9.17) is 5.84 Å². The zero-order chi connectivity index (χ0) is 12.3. The summed E-state index contributed by atoms with van der Waals surface area (Å²) < 4.78 is 0. The third-order valence-electron chi connectivity index (χ3n) is 3.00. The molecule has 17 heavy (non-hydrogen) atoms. The molecule has 3 N–H and O–H groups in total. The van der Waals surface area contributed by atoms with Crippen LogP contribution in [0.15, 0.2) is 18.5 Å². The Morgan fingerprint density at radius 3 is 2.76 bits per heavy atom. The van der Waals surface area contributed by atoms with Crippen molar-refractivity contribution in [3.05, 3.63) is 24.0 Å². The van der Waals surface area contributed by atoms with E-state index in [9.17, 15) is 4.79 Å². The van der Waals surface area contributed by atoms with Crippen molar-refractivity contribution in [2.24, 2.45) is 5.84 Å². The summed E-state index contributed by atoms with van der Waals surface area (Å²) in [7, 11) is 2.05. The van der Waals surface area contributed by atoms with Crippen LogP contribution in [0.3, 0.4) is 0 Å². The molecule has 1 fully saturated rings. The average molecular weight is 235 g/mol. The molecule has 0 aliphatic carbocycles. The van der Waals surface area contributed by atoms with Crippen molar-refractivity contribution in [1.29, 1.82) is 0 Å². The minimum absolute atomic E-state index is 0.0147. The summed E-state index contributed by atoms with van der Waals surface area (Å²) in [6, 6.07) is 1.70. The van der Waals surface area contributed by atoms with Gasteiger partial charge in [-0.15, -0.1) is 0 Å². The Balaban J connectivity index is 2.14. The Labute approximate surface area is 100 Å². The lowest BCUT2D eigenvalue weighted by Crippen LogP contribution is -2.47. The number of carbonyl (C=O) groups excluding carboxylic acids is 1. The summed E-state index contributed by atoms with van der Waals surface area (Å²) in [6.07, 6.45) is 3.16. The molecule has 0 unspecified atom stereocenters. The van der Waals surface area contributed by atoms with Crippen LogP contribution < -0.4 is 11.3 Å². The number of anilines is 1. The number of nitrogens with zero attached hydrogens (tertiary/aromatic N) is 3. The summed E-state index contributed by atoms with van der Waals surface area (Å²) in [4.78, 5) is 20.3. The van der Waals surface area contributed by atoms with Gasteiger partial charge in [-0.1, -0.05) is 0 Å². The predicted octanol–water partition coefficient (Wildman–Crippen LogP) is -0.245. The molecular formula is C11H17N5O. The number of rotatable bonds is 2. The van der Waals surface area contributed by atoms with Gasteiger partial charge in [0, 0.05) is 38.6 Å². The molecule has 2 heterocycles. The highest BCUT2D eigenvalue weighted by molar-refractivity contribution is 5.99. The van der Waals surface area contributed by atoms with Gasteiger partial charge in [0.15, 0.2) is 0 Å². The van der Waals surface area contributed by atoms with Crippen LogP contribution in [0.5, 0.6) is 0 Å². The van der Waals surface area contributed by atoms with Gasteiger partial charge in [0.2, 0.25) is 0 Å². The quantitative estimate of drug-likeness (QED) is 0.546. The lowest BCUT2D eigenvalue weighted by atomic mass is 10.2. The number of carbonyl (C=O) groups is 1. The van der Waals surface area contributed by atoms with E-state index in [2.05, 4.69) is 22.4 Å². The van der Waals surface area contributed by atoms with Crippen LogP contribution in [0.1, 0.15) is 10.4 Å². The molecule has 0 bridgehead atoms. The number of likely N-dealkylation sites (N-methyl/N-ethyl adjacent to an activating group) is 1. The van der Waals surface area contributed by atoms with E-state index in [0.29, 0.717) is 11.3 Å². The van der Waals surface area contributed by atoms with Gasteiger partial charge in [0.1, 0.15) is 0 Å². The first kappa shape index (κ1) is 11.8. The number of piperazine rings is 1. The molecule has 1 aromatic rings. The molecule has 6 nitrogen and oxygen atoms in total. The van der Waals surface area contributed by atoms with E-state index in [0.717, 1.165) is 26.2 Å². The molecular weight excluding hydrogens is 218 g/mol. The largest absolute Gasteiger partial charge is 0.336 e. The molecule has 0 spiro atoms. The maximum Gasteiger partial charge on any atom is 0.257 e. The standard InChI is InChI=1S/C11H17N5O/c1-15-4-6-16(7-5-15)11(17)9-8-13-3-2-10(9)14-12/h2-3,8H,4-7,12H2,1H3,(H,13,14). The topological polar surface area (TPSA) is 74.5 Å². The average Bonchev–Trinajstić information content (AvgIpc) is 2.39. The zero-order valence-electron chi connectivity index (χ0n) is 9.89. The van der Waals surface area contributed by atoms with Crippen LogP contribution in [-0.4, -0.2) is 53.9 Å². The Hall–Kier alpha value is -1.66. The van der Waals surface area contributed by atoms with Gasteiger partial charge in [-0.3, -0.25) is 15.6 Å². The second kappa shape index (κ2) is 5.11. The maximum atomic E-state index is 12.3. The lowest BCUT2D eigenvalue weighted by Gasteiger charge is -2.32. The fourth-order valence-electron chi connectivity index (χ4n) is 1.87. The summed E-state index contributed by atoms with van der Waals surface area (Å²) in [5.74, 6) is 5.37. The van der Waals surface area contributed by atoms with E-state index in [1.807, 2.05) is 4.90 Å². The van der Waals surface area contributed by atoms with Crippen molar-refractivity contribution < 1.29 is 4.79 Å². The second-order valence-corrected chi connectivity index (χ2v) is 4.16. The molecule has 1 aliphatic rings. The normalized spacial score (nSPS) is 16.9. The molecule has 0 radical (unpaired) electrons. The minimum atomic E-state index is -0.0147. The molecule has 1 aromatic heterocycles. The van der Waals surface area contributed by atoms with Crippen LogP contribution >= 0.6 is 0 Å². The Bertz CT molecular complexity index is 401. The summed E-state index contributed by atoms with van der Waals surface area (Å²) in [5, 5.41) is 0. The van der Waals surface area contributed by atoms with Crippen LogP contribution in [0.4, 0.5) is 5.69 Å². The molecule has 1 amide bonds. The van der Waals surface area contributed by atoms with E-state index < -0.39 is 0 Å². The van der Waals surface area contributed by atoms with E-state index in [1.165, 1.54) is 0 Å². The number of aromatic nitrogens is 1. The molecule has 92 valence electrons. The molecule has 0 aromatic carbocycles. The second-order valence-electron chi connectivity index (χ2n) is 4.16. The number of nitrogens with two attached hydrogens (primary N) is 1. The van der Waals surface area contributed by atoms with Gasteiger partial charge in [-0.25, -0.2) is 0 Å². The Kier molecular flexibility index (Phi) is 3.55. The fraction of sp³-hybridized carbons (Fsp3) is 0.455. The number of nitrogen functional groups attached to an aromatic ring is 1. The SMILES string of the molecule is CN1CCN(C(=O)c2cnccc2NN)CC1. The highest BCUT2D eigenvalue weighted by Gasteiger charge is 2.22. The van der Waals surface area contributed by atoms with Gasteiger partial charge in [0.05, 0.1) is 11.3 Å². The van der Waals surface area contributed by atoms with E-state index in [1.54, 1.807) is 18.5 Å². The minimum Gasteiger partial charge on any atom is -0.336 e. The Morgan fingerprint density at radius 2 is 2.12 bits per heavy atom. The van der Waals surface area contributed by atoms with Gasteiger partial charge < -0.3 is 15.2 Å². The number of pyridine rings is 1. The third-order valence-corrected chi connectivity index (χ3v) is 3.00. The number of hydrogen-bond donors (Lipinski definition) is 2. The Morgan fingerprint density at radius 1 is 1.41 bits per heavy atom. The molecule has 0 atom stereocenters. The van der Waals surface area contributed by atoms with Crippen molar-refractivity contribution >= 4 is 11.6 Å². The van der Waals surface area contributed by atoms with Gasteiger partial charge in [-0.2, -0.15) is 0 Å². The van der Waals surface area contributed by atoms with Crippen molar-refractivity contribution in [2.45, 2.75) is 0 Å². The smallest absolute Gasteiger partial charge is 0.257 e. The summed E-state index contributed by atoms with van der Waals surface area (Å²) >= 11 is 0. The van der Waals surface area contributed by atoms with Gasteiger partial charge in [-0.05, 0) is 13.1 Å². The monoisotopic (exact) mass is 235 g/mol. The molecule has 1 saturated heterocycles. The maximum absolute atomic E-state index is 12.3. The van der Waals surface area contributed by atoms with Crippen LogP contribution in [0.25, 0.3) is 0 Å². The lowest BCUT2D eigenvalue weighted by molar-refractivity contribution is 0.0664. The third kappa shape index (κ3) is 2.54. The molecule has 6 heteroatoms. The first-order valence-corrected chi connectivity index (χ1v) is 5.61. The van der Waals surface area contributed by atoms with Gasteiger partial charge in [0.25, 0.3) is 5.91 Å². The molecule has 1 aliphatic heterocycles. The highest BCUT2D eigenvalue weighted by Crippen LogP contribution is 2.15. The molecule has 2 rings (SSSR count). The first-order valence-electron chi connectivity index (χ1n) is 5.61. The van der Waals surface area contributed by atoms with Crippen LogP contribution in [0.2, 0.25) is 0 Å². The van der Waals surface area contributed by atoms with Crippen LogP contribution in [0, 0.1) is 0 Å². The van der Waals surface area contributed by atoms with Crippen molar-refractivity contribution in [2.75, 3.05) is 38.7 Å². The van der Waals surface area contributed by atoms with E-state index in [-0.39, 0.29) is 5.91 Å². The van der Waals surface area contributed by atoms with Crippen molar-refractivity contribution in [3.8, 4) is 0 Å². The van der Waals surface area contributed by atoms with Crippen LogP contribution in [-0.2, 0) is 0 Å². The summed E-state index contributed by atoms with van der Waals surface area (Å²) in [5.41, 5.74) is 3.67. The van der Waals surface area contributed by atoms with Crippen molar-refractivity contribution in [3.63, 3.8) is 0 Å². The zero-order valence-corrected chi connectivity index (χ0v) is 9.89. The number of hydrogen-bond acceptors (Lipinski definition) is 5. The number of amides is 1. The van der Waals surface area contributed by atoms with Gasteiger partial charge >= 0.3 is 0 Å². The first-order chi connectivity index (χ1) is 8.22. The van der Waals surface area contributed by atoms with E-state index >= 15 is 0 Å². The summed E-state index contributed by atoms with van der Waals surface area (Å²) in [6.45, 7) is 3.29. The number of hydrazine groups is 1. The fourth-order valence-corrected chi connectivity index (χ4v) is 1.87. The molecule has 0 saturated carbocycles. The highest BCUT2D eigenvalue weighted by atomic mass is 16.2.